The zero-order valence-corrected chi connectivity index (χ0v) is 14.6. The van der Waals surface area contributed by atoms with Gasteiger partial charge in [0.1, 0.15) is 12.1 Å². The maximum absolute atomic E-state index is 10.7. The van der Waals surface area contributed by atoms with E-state index in [1.165, 1.54) is 10.3 Å². The van der Waals surface area contributed by atoms with E-state index in [0.717, 1.165) is 56.8 Å². The number of nitrogens with zero attached hydrogens (tertiary/aromatic N) is 4. The summed E-state index contributed by atoms with van der Waals surface area (Å²) in [4.78, 5) is 13.8. The maximum atomic E-state index is 10.7. The lowest BCUT2D eigenvalue weighted by atomic mass is 9.71. The first-order valence-corrected chi connectivity index (χ1v) is 9.27. The van der Waals surface area contributed by atoms with Gasteiger partial charge in [0.15, 0.2) is 0 Å². The van der Waals surface area contributed by atoms with Crippen molar-refractivity contribution in [3.63, 3.8) is 0 Å². The van der Waals surface area contributed by atoms with Crippen molar-refractivity contribution in [2.45, 2.75) is 32.3 Å². The maximum Gasteiger partial charge on any atom is 0.150 e. The van der Waals surface area contributed by atoms with E-state index in [0.29, 0.717) is 0 Å². The van der Waals surface area contributed by atoms with E-state index in [2.05, 4.69) is 39.1 Å². The van der Waals surface area contributed by atoms with Gasteiger partial charge in [0.05, 0.1) is 16.3 Å². The fraction of sp³-hybridized carbons (Fsp3) is 0.647. The third kappa shape index (κ3) is 2.53. The summed E-state index contributed by atoms with van der Waals surface area (Å²) in [5.74, 6) is 1.05. The molecule has 4 heterocycles. The molecule has 0 unspecified atom stereocenters. The average molecular weight is 332 g/mol. The lowest BCUT2D eigenvalue weighted by Gasteiger charge is -2.50. The van der Waals surface area contributed by atoms with Crippen LogP contribution in [0.25, 0.3) is 10.2 Å². The molecule has 5 nitrogen and oxygen atoms in total. The van der Waals surface area contributed by atoms with Crippen LogP contribution in [-0.4, -0.2) is 59.3 Å². The SMILES string of the molecule is Cc1csc2c(N3CCC[C@]4(CN(C)CC[C@@H]4O)C3)ncnc12. The Hall–Kier alpha value is -1.24. The first-order valence-electron chi connectivity index (χ1n) is 8.39. The Morgan fingerprint density at radius 2 is 2.17 bits per heavy atom. The standard InChI is InChI=1S/C17H24N4OS/c1-12-8-23-15-14(12)18-11-19-16(15)21-6-3-5-17(10-21)9-20(2)7-4-13(17)22/h8,11,13,22H,3-7,9-10H2,1-2H3/t13-,17-/m0/s1. The third-order valence-electron chi connectivity index (χ3n) is 5.50. The summed E-state index contributed by atoms with van der Waals surface area (Å²) in [7, 11) is 2.16. The second kappa shape index (κ2) is 5.69. The molecular weight excluding hydrogens is 308 g/mol. The lowest BCUT2D eigenvalue weighted by molar-refractivity contribution is -0.0466. The molecule has 0 amide bonds. The van der Waals surface area contributed by atoms with Crippen molar-refractivity contribution in [3.05, 3.63) is 17.3 Å². The van der Waals surface area contributed by atoms with E-state index in [-0.39, 0.29) is 11.5 Å². The van der Waals surface area contributed by atoms with Gasteiger partial charge in [-0.2, -0.15) is 0 Å². The summed E-state index contributed by atoms with van der Waals surface area (Å²) in [6.07, 6.45) is 4.57. The van der Waals surface area contributed by atoms with E-state index in [1.54, 1.807) is 17.7 Å². The monoisotopic (exact) mass is 332 g/mol. The summed E-state index contributed by atoms with van der Waals surface area (Å²) in [5, 5.41) is 12.9. The molecule has 1 spiro atoms. The first kappa shape index (κ1) is 15.3. The molecule has 2 saturated heterocycles. The number of aliphatic hydroxyl groups is 1. The van der Waals surface area contributed by atoms with Crippen molar-refractivity contribution in [3.8, 4) is 0 Å². The summed E-state index contributed by atoms with van der Waals surface area (Å²) < 4.78 is 1.18. The fourth-order valence-electron chi connectivity index (χ4n) is 4.30. The molecule has 2 atom stereocenters. The Balaban J connectivity index is 1.69. The van der Waals surface area contributed by atoms with Crippen molar-refractivity contribution >= 4 is 27.4 Å². The largest absolute Gasteiger partial charge is 0.392 e. The Bertz CT molecular complexity index is 718. The normalized spacial score (nSPS) is 29.5. The van der Waals surface area contributed by atoms with Crippen LogP contribution in [0.1, 0.15) is 24.8 Å². The van der Waals surface area contributed by atoms with E-state index >= 15 is 0 Å². The number of fused-ring (bicyclic) bond motifs is 1. The van der Waals surface area contributed by atoms with Gasteiger partial charge in [0.25, 0.3) is 0 Å². The molecule has 0 bridgehead atoms. The molecule has 1 N–H and O–H groups in total. The van der Waals surface area contributed by atoms with Crippen molar-refractivity contribution in [2.24, 2.45) is 5.41 Å². The highest BCUT2D eigenvalue weighted by Gasteiger charge is 2.45. The van der Waals surface area contributed by atoms with Crippen LogP contribution in [0, 0.1) is 12.3 Å². The Morgan fingerprint density at radius 1 is 1.30 bits per heavy atom. The van der Waals surface area contributed by atoms with Gasteiger partial charge in [0, 0.05) is 31.6 Å². The molecule has 2 aromatic heterocycles. The molecule has 0 aliphatic carbocycles. The number of aryl methyl sites for hydroxylation is 1. The zero-order chi connectivity index (χ0) is 16.0. The number of thiophene rings is 1. The Kier molecular flexibility index (Phi) is 3.78. The van der Waals surface area contributed by atoms with Crippen LogP contribution >= 0.6 is 11.3 Å². The number of rotatable bonds is 1. The fourth-order valence-corrected chi connectivity index (χ4v) is 5.31. The van der Waals surface area contributed by atoms with E-state index < -0.39 is 0 Å². The molecule has 0 aromatic carbocycles. The number of piperidine rings is 2. The lowest BCUT2D eigenvalue weighted by Crippen LogP contribution is -2.58. The van der Waals surface area contributed by atoms with Crippen molar-refractivity contribution < 1.29 is 5.11 Å². The highest BCUT2D eigenvalue weighted by Crippen LogP contribution is 2.41. The molecule has 2 aliphatic heterocycles. The molecular formula is C17H24N4OS. The minimum Gasteiger partial charge on any atom is -0.392 e. The van der Waals surface area contributed by atoms with E-state index in [9.17, 15) is 5.11 Å². The number of hydrogen-bond donors (Lipinski definition) is 1. The molecule has 2 aromatic rings. The van der Waals surface area contributed by atoms with Gasteiger partial charge in [-0.1, -0.05) is 0 Å². The van der Waals surface area contributed by atoms with Gasteiger partial charge >= 0.3 is 0 Å². The zero-order valence-electron chi connectivity index (χ0n) is 13.8. The molecule has 23 heavy (non-hydrogen) atoms. The molecule has 0 radical (unpaired) electrons. The minimum atomic E-state index is -0.205. The quantitative estimate of drug-likeness (QED) is 0.868. The number of aromatic nitrogens is 2. The third-order valence-corrected chi connectivity index (χ3v) is 6.58. The van der Waals surface area contributed by atoms with Gasteiger partial charge in [-0.25, -0.2) is 9.97 Å². The highest BCUT2D eigenvalue weighted by molar-refractivity contribution is 7.18. The van der Waals surface area contributed by atoms with Crippen LogP contribution in [0.2, 0.25) is 0 Å². The minimum absolute atomic E-state index is 0.0190. The van der Waals surface area contributed by atoms with Gasteiger partial charge in [-0.3, -0.25) is 0 Å². The van der Waals surface area contributed by atoms with E-state index in [1.807, 2.05) is 0 Å². The van der Waals surface area contributed by atoms with Crippen LogP contribution in [0.15, 0.2) is 11.7 Å². The number of hydrogen-bond acceptors (Lipinski definition) is 6. The first-order chi connectivity index (χ1) is 11.1. The second-order valence-corrected chi connectivity index (χ2v) is 8.10. The van der Waals surface area contributed by atoms with Gasteiger partial charge in [-0.15, -0.1) is 11.3 Å². The summed E-state index contributed by atoms with van der Waals surface area (Å²) in [6.45, 7) is 5.98. The van der Waals surface area contributed by atoms with Crippen molar-refractivity contribution in [1.29, 1.82) is 0 Å². The summed E-state index contributed by atoms with van der Waals surface area (Å²) in [6, 6.07) is 0. The molecule has 2 aliphatic rings. The van der Waals surface area contributed by atoms with Crippen LogP contribution in [0.4, 0.5) is 5.82 Å². The second-order valence-electron chi connectivity index (χ2n) is 7.22. The van der Waals surface area contributed by atoms with Gasteiger partial charge in [-0.05, 0) is 44.2 Å². The molecule has 0 saturated carbocycles. The van der Waals surface area contributed by atoms with Crippen LogP contribution in [-0.2, 0) is 0 Å². The average Bonchev–Trinajstić information content (AvgIpc) is 2.93. The number of aliphatic hydroxyl groups excluding tert-OH is 1. The number of likely N-dealkylation sites (tertiary alicyclic amines) is 1. The number of anilines is 1. The summed E-state index contributed by atoms with van der Waals surface area (Å²) in [5.41, 5.74) is 2.27. The van der Waals surface area contributed by atoms with Gasteiger partial charge < -0.3 is 14.9 Å². The van der Waals surface area contributed by atoms with E-state index in [4.69, 9.17) is 0 Å². The topological polar surface area (TPSA) is 52.5 Å². The Labute approximate surface area is 141 Å². The molecule has 2 fully saturated rings. The van der Waals surface area contributed by atoms with Crippen molar-refractivity contribution in [2.75, 3.05) is 38.1 Å². The predicted molar refractivity (Wildman–Crippen MR) is 94.2 cm³/mol. The van der Waals surface area contributed by atoms with Crippen LogP contribution in [0.3, 0.4) is 0 Å². The Morgan fingerprint density at radius 3 is 3.04 bits per heavy atom. The van der Waals surface area contributed by atoms with Crippen LogP contribution in [0.5, 0.6) is 0 Å². The molecule has 4 rings (SSSR count). The highest BCUT2D eigenvalue weighted by atomic mass is 32.1. The summed E-state index contributed by atoms with van der Waals surface area (Å²) >= 11 is 1.73. The van der Waals surface area contributed by atoms with Crippen LogP contribution < -0.4 is 4.90 Å². The van der Waals surface area contributed by atoms with Crippen molar-refractivity contribution in [1.82, 2.24) is 14.9 Å². The van der Waals surface area contributed by atoms with Gasteiger partial charge in [0.2, 0.25) is 0 Å². The molecule has 6 heteroatoms. The molecule has 124 valence electrons. The predicted octanol–water partition coefficient (Wildman–Crippen LogP) is 2.28. The smallest absolute Gasteiger partial charge is 0.150 e.